The van der Waals surface area contributed by atoms with E-state index in [1.807, 2.05) is 26.0 Å². The second-order valence-corrected chi connectivity index (χ2v) is 11.4. The van der Waals surface area contributed by atoms with E-state index >= 15 is 0 Å². The Kier molecular flexibility index (Phi) is 7.61. The molecular formula is C27H37N7O4. The first kappa shape index (κ1) is 26.5. The minimum Gasteiger partial charge on any atom is -0.369 e. The van der Waals surface area contributed by atoms with Gasteiger partial charge >= 0.3 is 0 Å². The third kappa shape index (κ3) is 4.98. The molecule has 3 aliphatic heterocycles. The lowest BCUT2D eigenvalue weighted by Gasteiger charge is -2.43. The van der Waals surface area contributed by atoms with Crippen molar-refractivity contribution < 1.29 is 19.1 Å². The topological polar surface area (TPSA) is 145 Å². The van der Waals surface area contributed by atoms with Gasteiger partial charge in [0.2, 0.25) is 11.8 Å². The molecule has 1 saturated carbocycles. The minimum atomic E-state index is -0.785. The first-order chi connectivity index (χ1) is 18.3. The van der Waals surface area contributed by atoms with E-state index in [9.17, 15) is 14.4 Å². The molecule has 204 valence electrons. The third-order valence-electron chi connectivity index (χ3n) is 8.59. The van der Waals surface area contributed by atoms with E-state index in [1.165, 1.54) is 24.2 Å². The molecule has 11 nitrogen and oxygen atoms in total. The number of carbonyl (C=O) groups excluding carboxylic acids is 3. The van der Waals surface area contributed by atoms with E-state index < -0.39 is 30.0 Å². The maximum atomic E-state index is 14.2. The normalized spacial score (nSPS) is 26.7. The number of carbonyl (C=O) groups is 3. The third-order valence-corrected chi connectivity index (χ3v) is 8.59. The first-order valence-corrected chi connectivity index (χ1v) is 13.7. The predicted molar refractivity (Wildman–Crippen MR) is 142 cm³/mol. The molecule has 5 rings (SSSR count). The van der Waals surface area contributed by atoms with Crippen LogP contribution in [0, 0.1) is 5.92 Å². The lowest BCUT2D eigenvalue weighted by atomic mass is 9.85. The summed E-state index contributed by atoms with van der Waals surface area (Å²) >= 11 is 0. The average Bonchev–Trinajstić information content (AvgIpc) is 3.42. The van der Waals surface area contributed by atoms with Gasteiger partial charge in [-0.25, -0.2) is 0 Å². The number of nitrogens with zero attached hydrogens (tertiary/aromatic N) is 6. The van der Waals surface area contributed by atoms with Crippen LogP contribution in [0.1, 0.15) is 61.4 Å². The number of nitrogens with two attached hydrogens (primary N) is 1. The van der Waals surface area contributed by atoms with E-state index in [4.69, 9.17) is 16.0 Å². The fourth-order valence-electron chi connectivity index (χ4n) is 6.41. The van der Waals surface area contributed by atoms with Gasteiger partial charge in [0.25, 0.3) is 0 Å². The van der Waals surface area contributed by atoms with Gasteiger partial charge in [-0.15, -0.1) is 0 Å². The first-order valence-electron chi connectivity index (χ1n) is 13.7. The number of rotatable bonds is 8. The number of piperazine rings is 1. The molecule has 0 unspecified atom stereocenters. The maximum Gasteiger partial charge on any atom is 0.249 e. The van der Waals surface area contributed by atoms with Crippen LogP contribution in [0.25, 0.3) is 10.4 Å². The highest BCUT2D eigenvalue weighted by molar-refractivity contribution is 5.99. The van der Waals surface area contributed by atoms with Gasteiger partial charge in [-0.1, -0.05) is 25.4 Å². The molecule has 0 spiro atoms. The highest BCUT2D eigenvalue weighted by Gasteiger charge is 2.53. The van der Waals surface area contributed by atoms with Gasteiger partial charge in [0.15, 0.2) is 5.78 Å². The minimum absolute atomic E-state index is 0.104. The molecule has 4 aliphatic rings. The van der Waals surface area contributed by atoms with Gasteiger partial charge in [0.05, 0.1) is 18.1 Å². The summed E-state index contributed by atoms with van der Waals surface area (Å²) in [4.78, 5) is 48.6. The Labute approximate surface area is 222 Å². The van der Waals surface area contributed by atoms with Crippen molar-refractivity contribution in [2.75, 3.05) is 44.2 Å². The van der Waals surface area contributed by atoms with Gasteiger partial charge < -0.3 is 20.3 Å². The second kappa shape index (κ2) is 10.9. The molecular weight excluding hydrogens is 486 g/mol. The lowest BCUT2D eigenvalue weighted by Crippen LogP contribution is -2.52. The SMILES string of the molecule is CC(C)C[C@H](C(=O)N1C[C@@H](N=[N+]=[N-])[C@H]2OCC(=O)[C@H]21)c1cc(N2CCN(C3CCC3)CC2)ccc1C(N)=O. The molecule has 2 amide bonds. The molecule has 0 aromatic heterocycles. The smallest absolute Gasteiger partial charge is 0.249 e. The molecule has 0 bridgehead atoms. The van der Waals surface area contributed by atoms with E-state index in [1.54, 1.807) is 6.07 Å². The largest absolute Gasteiger partial charge is 0.369 e. The molecule has 2 N–H and O–H groups in total. The molecule has 11 heteroatoms. The summed E-state index contributed by atoms with van der Waals surface area (Å²) < 4.78 is 5.61. The van der Waals surface area contributed by atoms with Crippen LogP contribution in [0.4, 0.5) is 5.69 Å². The van der Waals surface area contributed by atoms with E-state index in [0.29, 0.717) is 23.6 Å². The predicted octanol–water partition coefficient (Wildman–Crippen LogP) is 2.45. The van der Waals surface area contributed by atoms with Crippen molar-refractivity contribution in [3.05, 3.63) is 39.8 Å². The molecule has 0 radical (unpaired) electrons. The zero-order valence-electron chi connectivity index (χ0n) is 22.2. The number of primary amides is 1. The number of ketones is 1. The summed E-state index contributed by atoms with van der Waals surface area (Å²) in [6, 6.07) is 4.87. The number of Topliss-reactive ketones (excluding diaryl/α,β-unsaturated/α-hetero) is 1. The van der Waals surface area contributed by atoms with Gasteiger partial charge in [-0.2, -0.15) is 0 Å². The number of anilines is 1. The summed E-state index contributed by atoms with van der Waals surface area (Å²) in [5.41, 5.74) is 16.7. The summed E-state index contributed by atoms with van der Waals surface area (Å²) in [5, 5.41) is 3.80. The molecule has 3 saturated heterocycles. The van der Waals surface area contributed by atoms with Gasteiger partial charge in [-0.3, -0.25) is 19.3 Å². The van der Waals surface area contributed by atoms with Crippen molar-refractivity contribution >= 4 is 23.3 Å². The van der Waals surface area contributed by atoms with Crippen LogP contribution in [-0.2, 0) is 14.3 Å². The quantitative estimate of drug-likeness (QED) is 0.315. The Hall–Kier alpha value is -3.14. The number of benzene rings is 1. The molecule has 1 aliphatic carbocycles. The highest BCUT2D eigenvalue weighted by atomic mass is 16.5. The van der Waals surface area contributed by atoms with E-state index in [2.05, 4.69) is 19.8 Å². The number of likely N-dealkylation sites (tertiary alicyclic amines) is 1. The lowest BCUT2D eigenvalue weighted by molar-refractivity contribution is -0.138. The van der Waals surface area contributed by atoms with Crippen LogP contribution in [0.2, 0.25) is 0 Å². The molecule has 38 heavy (non-hydrogen) atoms. The Balaban J connectivity index is 1.45. The van der Waals surface area contributed by atoms with Gasteiger partial charge in [-0.05, 0) is 54.5 Å². The van der Waals surface area contributed by atoms with Crippen molar-refractivity contribution in [2.24, 2.45) is 16.8 Å². The molecule has 4 fully saturated rings. The van der Waals surface area contributed by atoms with Crippen LogP contribution < -0.4 is 10.6 Å². The van der Waals surface area contributed by atoms with E-state index in [0.717, 1.165) is 31.9 Å². The van der Waals surface area contributed by atoms with Crippen LogP contribution in [0.3, 0.4) is 0 Å². The van der Waals surface area contributed by atoms with Crippen LogP contribution in [0.5, 0.6) is 0 Å². The molecule has 3 heterocycles. The number of hydrogen-bond acceptors (Lipinski definition) is 7. The molecule has 1 aromatic rings. The Morgan fingerprint density at radius 2 is 1.95 bits per heavy atom. The number of ether oxygens (including phenoxy) is 1. The second-order valence-electron chi connectivity index (χ2n) is 11.4. The van der Waals surface area contributed by atoms with Crippen molar-refractivity contribution in [3.8, 4) is 0 Å². The molecule has 4 atom stereocenters. The highest BCUT2D eigenvalue weighted by Crippen LogP contribution is 2.37. The van der Waals surface area contributed by atoms with Gasteiger partial charge in [0, 0.05) is 54.9 Å². The van der Waals surface area contributed by atoms with Crippen molar-refractivity contribution in [3.63, 3.8) is 0 Å². The van der Waals surface area contributed by atoms with Crippen LogP contribution in [-0.4, -0.2) is 91.0 Å². The van der Waals surface area contributed by atoms with Gasteiger partial charge in [0.1, 0.15) is 12.6 Å². The Morgan fingerprint density at radius 1 is 1.21 bits per heavy atom. The van der Waals surface area contributed by atoms with Crippen LogP contribution in [0.15, 0.2) is 23.3 Å². The Bertz CT molecular complexity index is 1140. The Morgan fingerprint density at radius 3 is 2.55 bits per heavy atom. The monoisotopic (exact) mass is 523 g/mol. The zero-order valence-corrected chi connectivity index (χ0v) is 22.2. The average molecular weight is 524 g/mol. The summed E-state index contributed by atoms with van der Waals surface area (Å²) in [7, 11) is 0. The summed E-state index contributed by atoms with van der Waals surface area (Å²) in [6.07, 6.45) is 3.71. The summed E-state index contributed by atoms with van der Waals surface area (Å²) in [6.45, 7) is 7.78. The van der Waals surface area contributed by atoms with Crippen molar-refractivity contribution in [1.29, 1.82) is 0 Å². The fourth-order valence-corrected chi connectivity index (χ4v) is 6.41. The number of fused-ring (bicyclic) bond motifs is 1. The number of amides is 2. The zero-order chi connectivity index (χ0) is 27.0. The maximum absolute atomic E-state index is 14.2. The fraction of sp³-hybridized carbons (Fsp3) is 0.667. The number of hydrogen-bond donors (Lipinski definition) is 1. The van der Waals surface area contributed by atoms with E-state index in [-0.39, 0.29) is 30.8 Å². The number of azide groups is 1. The van der Waals surface area contributed by atoms with Crippen molar-refractivity contribution in [2.45, 2.75) is 69.7 Å². The van der Waals surface area contributed by atoms with Crippen molar-refractivity contribution in [1.82, 2.24) is 9.80 Å². The standard InChI is InChI=1S/C27H37N7O4/c1-16(2)12-21(27(37)34-14-22(30-31-29)25-24(34)23(35)15-38-25)20-13-18(6-7-19(20)26(28)36)33-10-8-32(9-11-33)17-4-3-5-17/h6-7,13,16-17,21-22,24-25H,3-5,8-12,14-15H2,1-2H3,(H2,28,36)/t21-,22+,24+,25+/m0/s1. The van der Waals surface area contributed by atoms with Crippen LogP contribution >= 0.6 is 0 Å². The molecule has 1 aromatic carbocycles. The summed E-state index contributed by atoms with van der Waals surface area (Å²) in [5.74, 6) is -1.59.